The molecule has 1 N–H and O–H groups in total. The zero-order chi connectivity index (χ0) is 20.8. The van der Waals surface area contributed by atoms with E-state index in [1.54, 1.807) is 25.3 Å². The highest BCUT2D eigenvalue weighted by Gasteiger charge is 2.28. The standard InChI is InChI=1S/C22H32N2O5/c1-15(4-9-21(25)28-3)24-12-10-17(11-13-24)29-20-14-18(27-2)7-8-19(20)22(26)23-16-5-6-16/h7-8,14-17H,4-6,9-13H2,1-3H3,(H,23,26)/t15-/m0/s1. The molecular weight excluding hydrogens is 372 g/mol. The number of methoxy groups -OCH3 is 2. The van der Waals surface area contributed by atoms with E-state index in [9.17, 15) is 9.59 Å². The van der Waals surface area contributed by atoms with Crippen LogP contribution in [0, 0.1) is 0 Å². The van der Waals surface area contributed by atoms with Gasteiger partial charge in [-0.1, -0.05) is 0 Å². The third kappa shape index (κ3) is 6.10. The summed E-state index contributed by atoms with van der Waals surface area (Å²) in [6, 6.07) is 5.99. The van der Waals surface area contributed by atoms with Crippen LogP contribution in [-0.4, -0.2) is 62.3 Å². The SMILES string of the molecule is COC(=O)CC[C@H](C)N1CCC(Oc2cc(OC)ccc2C(=O)NC2CC2)CC1. The second-order valence-corrected chi connectivity index (χ2v) is 7.93. The summed E-state index contributed by atoms with van der Waals surface area (Å²) in [5, 5.41) is 3.03. The van der Waals surface area contributed by atoms with Crippen molar-refractivity contribution >= 4 is 11.9 Å². The van der Waals surface area contributed by atoms with Crippen LogP contribution in [0.25, 0.3) is 0 Å². The molecule has 1 aliphatic heterocycles. The number of carbonyl (C=O) groups is 2. The van der Waals surface area contributed by atoms with Crippen LogP contribution < -0.4 is 14.8 Å². The van der Waals surface area contributed by atoms with Gasteiger partial charge >= 0.3 is 5.97 Å². The van der Waals surface area contributed by atoms with Gasteiger partial charge in [0.25, 0.3) is 5.91 Å². The summed E-state index contributed by atoms with van der Waals surface area (Å²) >= 11 is 0. The van der Waals surface area contributed by atoms with Crippen LogP contribution in [0.1, 0.15) is 55.8 Å². The molecule has 1 atom stereocenters. The van der Waals surface area contributed by atoms with Crippen LogP contribution in [0.2, 0.25) is 0 Å². The molecule has 1 aromatic rings. The number of amides is 1. The van der Waals surface area contributed by atoms with Crippen molar-refractivity contribution in [2.24, 2.45) is 0 Å². The lowest BCUT2D eigenvalue weighted by molar-refractivity contribution is -0.141. The van der Waals surface area contributed by atoms with E-state index in [1.807, 2.05) is 0 Å². The Hall–Kier alpha value is -2.28. The predicted molar refractivity (Wildman–Crippen MR) is 109 cm³/mol. The minimum absolute atomic E-state index is 0.0543. The van der Waals surface area contributed by atoms with E-state index in [2.05, 4.69) is 17.1 Å². The van der Waals surface area contributed by atoms with Crippen LogP contribution in [0.15, 0.2) is 18.2 Å². The minimum Gasteiger partial charge on any atom is -0.497 e. The second kappa shape index (κ2) is 9.96. The van der Waals surface area contributed by atoms with Crippen molar-refractivity contribution in [1.29, 1.82) is 0 Å². The Labute approximate surface area is 172 Å². The molecule has 0 aromatic heterocycles. The first-order valence-electron chi connectivity index (χ1n) is 10.5. The van der Waals surface area contributed by atoms with Gasteiger partial charge in [0.15, 0.2) is 0 Å². The van der Waals surface area contributed by atoms with E-state index < -0.39 is 0 Å². The molecule has 1 saturated carbocycles. The highest BCUT2D eigenvalue weighted by Crippen LogP contribution is 2.29. The summed E-state index contributed by atoms with van der Waals surface area (Å²) < 4.78 is 16.3. The van der Waals surface area contributed by atoms with Crippen molar-refractivity contribution in [3.05, 3.63) is 23.8 Å². The molecule has 2 fully saturated rings. The topological polar surface area (TPSA) is 77.1 Å². The maximum atomic E-state index is 12.6. The molecule has 1 saturated heterocycles. The molecule has 1 aromatic carbocycles. The monoisotopic (exact) mass is 404 g/mol. The Morgan fingerprint density at radius 2 is 1.90 bits per heavy atom. The number of ether oxygens (including phenoxy) is 3. The van der Waals surface area contributed by atoms with Gasteiger partial charge in [0.2, 0.25) is 0 Å². The molecule has 160 valence electrons. The van der Waals surface area contributed by atoms with E-state index in [1.165, 1.54) is 7.11 Å². The first-order valence-corrected chi connectivity index (χ1v) is 10.5. The van der Waals surface area contributed by atoms with E-state index in [0.717, 1.165) is 45.2 Å². The first-order chi connectivity index (χ1) is 14.0. The van der Waals surface area contributed by atoms with Gasteiger partial charge in [-0.05, 0) is 51.2 Å². The summed E-state index contributed by atoms with van der Waals surface area (Å²) in [4.78, 5) is 26.3. The zero-order valence-corrected chi connectivity index (χ0v) is 17.6. The Bertz CT molecular complexity index is 711. The summed E-state index contributed by atoms with van der Waals surface area (Å²) in [5.74, 6) is 1.01. The third-order valence-corrected chi connectivity index (χ3v) is 5.73. The van der Waals surface area contributed by atoms with Crippen molar-refractivity contribution in [3.8, 4) is 11.5 Å². The normalized spacial score (nSPS) is 18.7. The Morgan fingerprint density at radius 3 is 2.52 bits per heavy atom. The van der Waals surface area contributed by atoms with Gasteiger partial charge in [-0.25, -0.2) is 0 Å². The number of hydrogen-bond donors (Lipinski definition) is 1. The fraction of sp³-hybridized carbons (Fsp3) is 0.636. The van der Waals surface area contributed by atoms with Crippen LogP contribution in [0.4, 0.5) is 0 Å². The minimum atomic E-state index is -0.162. The second-order valence-electron chi connectivity index (χ2n) is 7.93. The molecule has 3 rings (SSSR count). The Morgan fingerprint density at radius 1 is 1.17 bits per heavy atom. The number of likely N-dealkylation sites (tertiary alicyclic amines) is 1. The molecule has 0 spiro atoms. The maximum absolute atomic E-state index is 12.6. The third-order valence-electron chi connectivity index (χ3n) is 5.73. The quantitative estimate of drug-likeness (QED) is 0.638. The van der Waals surface area contributed by atoms with Crippen molar-refractivity contribution in [3.63, 3.8) is 0 Å². The number of carbonyl (C=O) groups excluding carboxylic acids is 2. The van der Waals surface area contributed by atoms with Gasteiger partial charge in [0, 0.05) is 37.7 Å². The molecular formula is C22H32N2O5. The van der Waals surface area contributed by atoms with Gasteiger partial charge in [-0.15, -0.1) is 0 Å². The average molecular weight is 405 g/mol. The highest BCUT2D eigenvalue weighted by molar-refractivity contribution is 5.97. The molecule has 29 heavy (non-hydrogen) atoms. The van der Waals surface area contributed by atoms with Crippen molar-refractivity contribution in [2.75, 3.05) is 27.3 Å². The van der Waals surface area contributed by atoms with Crippen LogP contribution in [0.5, 0.6) is 11.5 Å². The van der Waals surface area contributed by atoms with Crippen molar-refractivity contribution < 1.29 is 23.8 Å². The number of nitrogens with one attached hydrogen (secondary N) is 1. The number of esters is 1. The van der Waals surface area contributed by atoms with Crippen LogP contribution in [0.3, 0.4) is 0 Å². The van der Waals surface area contributed by atoms with Gasteiger partial charge < -0.3 is 24.4 Å². The molecule has 1 heterocycles. The molecule has 0 bridgehead atoms. The fourth-order valence-electron chi connectivity index (χ4n) is 3.63. The largest absolute Gasteiger partial charge is 0.497 e. The highest BCUT2D eigenvalue weighted by atomic mass is 16.5. The van der Waals surface area contributed by atoms with E-state index in [0.29, 0.717) is 35.6 Å². The number of piperidine rings is 1. The summed E-state index contributed by atoms with van der Waals surface area (Å²) in [7, 11) is 3.03. The van der Waals surface area contributed by atoms with Crippen LogP contribution in [-0.2, 0) is 9.53 Å². The molecule has 7 heteroatoms. The Balaban J connectivity index is 1.56. The van der Waals surface area contributed by atoms with Crippen LogP contribution >= 0.6 is 0 Å². The smallest absolute Gasteiger partial charge is 0.305 e. The molecule has 7 nitrogen and oxygen atoms in total. The van der Waals surface area contributed by atoms with Gasteiger partial charge in [-0.2, -0.15) is 0 Å². The van der Waals surface area contributed by atoms with Crippen molar-refractivity contribution in [2.45, 2.75) is 63.6 Å². The number of benzene rings is 1. The van der Waals surface area contributed by atoms with E-state index >= 15 is 0 Å². The first kappa shape index (κ1) is 21.4. The van der Waals surface area contributed by atoms with E-state index in [4.69, 9.17) is 14.2 Å². The lowest BCUT2D eigenvalue weighted by Crippen LogP contribution is -2.43. The van der Waals surface area contributed by atoms with Gasteiger partial charge in [0.1, 0.15) is 17.6 Å². The Kier molecular flexibility index (Phi) is 7.36. The van der Waals surface area contributed by atoms with Gasteiger partial charge in [0.05, 0.1) is 19.8 Å². The molecule has 1 amide bonds. The molecule has 0 unspecified atom stereocenters. The zero-order valence-electron chi connectivity index (χ0n) is 17.6. The molecule has 1 aliphatic carbocycles. The summed E-state index contributed by atoms with van der Waals surface area (Å²) in [5.41, 5.74) is 0.562. The maximum Gasteiger partial charge on any atom is 0.305 e. The van der Waals surface area contributed by atoms with Crippen molar-refractivity contribution in [1.82, 2.24) is 10.2 Å². The average Bonchev–Trinajstić information content (AvgIpc) is 3.56. The summed E-state index contributed by atoms with van der Waals surface area (Å²) in [6.45, 7) is 3.95. The fourth-order valence-corrected chi connectivity index (χ4v) is 3.63. The van der Waals surface area contributed by atoms with Gasteiger partial charge in [-0.3, -0.25) is 9.59 Å². The lowest BCUT2D eigenvalue weighted by Gasteiger charge is -2.36. The number of hydrogen-bond acceptors (Lipinski definition) is 6. The summed E-state index contributed by atoms with van der Waals surface area (Å²) in [6.07, 6.45) is 5.14. The molecule has 0 radical (unpaired) electrons. The van der Waals surface area contributed by atoms with E-state index in [-0.39, 0.29) is 18.0 Å². The lowest BCUT2D eigenvalue weighted by atomic mass is 10.0. The molecule has 2 aliphatic rings. The number of rotatable bonds is 9. The number of nitrogens with zero attached hydrogens (tertiary/aromatic N) is 1. The predicted octanol–water partition coefficient (Wildman–Crippen LogP) is 2.77.